The second-order valence-corrected chi connectivity index (χ2v) is 5.20. The molecule has 3 rings (SSSR count). The predicted octanol–water partition coefficient (Wildman–Crippen LogP) is 3.83. The van der Waals surface area contributed by atoms with E-state index < -0.39 is 0 Å². The average molecular weight is 316 g/mol. The van der Waals surface area contributed by atoms with E-state index in [-0.39, 0.29) is 12.6 Å². The Morgan fingerprint density at radius 3 is 2.77 bits per heavy atom. The highest BCUT2D eigenvalue weighted by Crippen LogP contribution is 2.24. The topological polar surface area (TPSA) is 58.4 Å². The van der Waals surface area contributed by atoms with Crippen molar-refractivity contribution in [2.75, 3.05) is 11.9 Å². The summed E-state index contributed by atoms with van der Waals surface area (Å²) in [5.74, 6) is 0. The first-order chi connectivity index (χ1) is 10.7. The third-order valence-electron chi connectivity index (χ3n) is 3.38. The van der Waals surface area contributed by atoms with Crippen LogP contribution in [0.4, 0.5) is 10.5 Å². The van der Waals surface area contributed by atoms with Gasteiger partial charge in [-0.15, -0.1) is 0 Å². The van der Waals surface area contributed by atoms with E-state index in [2.05, 4.69) is 10.5 Å². The van der Waals surface area contributed by atoms with Gasteiger partial charge in [-0.2, -0.15) is 0 Å². The first-order valence-electron chi connectivity index (χ1n) is 6.76. The smallest absolute Gasteiger partial charge is 0.321 e. The Morgan fingerprint density at radius 1 is 1.23 bits per heavy atom. The van der Waals surface area contributed by atoms with Gasteiger partial charge in [0.1, 0.15) is 5.69 Å². The second kappa shape index (κ2) is 6.07. The molecule has 0 aliphatic carbocycles. The second-order valence-electron chi connectivity index (χ2n) is 4.79. The molecule has 0 saturated carbocycles. The van der Waals surface area contributed by atoms with Crippen molar-refractivity contribution in [1.29, 1.82) is 0 Å². The van der Waals surface area contributed by atoms with Crippen LogP contribution in [0.5, 0.6) is 0 Å². The molecular formula is C16H14ClN3O2. The van der Waals surface area contributed by atoms with E-state index in [0.717, 1.165) is 5.39 Å². The fourth-order valence-electron chi connectivity index (χ4n) is 2.18. The molecule has 0 aliphatic heterocycles. The standard InChI is InChI=1S/C16H14ClN3O2/c1-20(14-8-4-3-7-12(14)17)16(21)18-10-13-11-6-2-5-9-15(11)22-19-13/h2-9H,10H2,1H3,(H,18,21). The van der Waals surface area contributed by atoms with Gasteiger partial charge in [0.25, 0.3) is 0 Å². The molecule has 22 heavy (non-hydrogen) atoms. The van der Waals surface area contributed by atoms with E-state index in [1.807, 2.05) is 36.4 Å². The summed E-state index contributed by atoms with van der Waals surface area (Å²) in [5.41, 5.74) is 2.04. The SMILES string of the molecule is CN(C(=O)NCc1noc2ccccc12)c1ccccc1Cl. The van der Waals surface area contributed by atoms with Gasteiger partial charge in [-0.1, -0.05) is 41.0 Å². The summed E-state index contributed by atoms with van der Waals surface area (Å²) >= 11 is 6.09. The number of fused-ring (bicyclic) bond motifs is 1. The molecule has 0 unspecified atom stereocenters. The van der Waals surface area contributed by atoms with E-state index in [0.29, 0.717) is 22.0 Å². The molecule has 6 heteroatoms. The zero-order valence-corrected chi connectivity index (χ0v) is 12.7. The summed E-state index contributed by atoms with van der Waals surface area (Å²) in [5, 5.41) is 8.20. The minimum absolute atomic E-state index is 0.264. The molecule has 0 radical (unpaired) electrons. The number of amides is 2. The minimum atomic E-state index is -0.264. The van der Waals surface area contributed by atoms with E-state index in [9.17, 15) is 4.79 Å². The molecule has 1 N–H and O–H groups in total. The van der Waals surface area contributed by atoms with Crippen molar-refractivity contribution in [3.8, 4) is 0 Å². The van der Waals surface area contributed by atoms with Crippen LogP contribution in [-0.4, -0.2) is 18.2 Å². The fraction of sp³-hybridized carbons (Fsp3) is 0.125. The fourth-order valence-corrected chi connectivity index (χ4v) is 2.44. The van der Waals surface area contributed by atoms with E-state index >= 15 is 0 Å². The molecule has 5 nitrogen and oxygen atoms in total. The third-order valence-corrected chi connectivity index (χ3v) is 3.70. The molecule has 2 aromatic carbocycles. The highest BCUT2D eigenvalue weighted by Gasteiger charge is 2.14. The Kier molecular flexibility index (Phi) is 3.98. The van der Waals surface area contributed by atoms with Gasteiger partial charge >= 0.3 is 6.03 Å². The Morgan fingerprint density at radius 2 is 1.95 bits per heavy atom. The predicted molar refractivity (Wildman–Crippen MR) is 86.1 cm³/mol. The van der Waals surface area contributed by atoms with Crippen molar-refractivity contribution >= 4 is 34.3 Å². The summed E-state index contributed by atoms with van der Waals surface area (Å²) in [6, 6.07) is 14.4. The summed E-state index contributed by atoms with van der Waals surface area (Å²) in [6.45, 7) is 0.282. The Bertz CT molecular complexity index is 816. The van der Waals surface area contributed by atoms with Gasteiger partial charge in [0.05, 0.1) is 17.3 Å². The number of nitrogens with one attached hydrogen (secondary N) is 1. The lowest BCUT2D eigenvalue weighted by Gasteiger charge is -2.18. The van der Waals surface area contributed by atoms with Gasteiger partial charge in [0, 0.05) is 12.4 Å². The molecule has 0 bridgehead atoms. The quantitative estimate of drug-likeness (QED) is 0.799. The molecule has 1 aromatic heterocycles. The number of aromatic nitrogens is 1. The molecule has 112 valence electrons. The van der Waals surface area contributed by atoms with Crippen LogP contribution in [0.2, 0.25) is 5.02 Å². The number of hydrogen-bond acceptors (Lipinski definition) is 3. The van der Waals surface area contributed by atoms with Crippen LogP contribution in [0.3, 0.4) is 0 Å². The number of anilines is 1. The summed E-state index contributed by atoms with van der Waals surface area (Å²) in [6.07, 6.45) is 0. The van der Waals surface area contributed by atoms with Crippen molar-refractivity contribution in [2.24, 2.45) is 0 Å². The number of rotatable bonds is 3. The maximum Gasteiger partial charge on any atom is 0.321 e. The molecule has 0 atom stereocenters. The van der Waals surface area contributed by atoms with Crippen molar-refractivity contribution in [1.82, 2.24) is 10.5 Å². The first-order valence-corrected chi connectivity index (χ1v) is 7.14. The number of para-hydroxylation sites is 2. The molecule has 1 heterocycles. The van der Waals surface area contributed by atoms with Crippen LogP contribution in [0.1, 0.15) is 5.69 Å². The van der Waals surface area contributed by atoms with Crippen LogP contribution in [0.25, 0.3) is 11.0 Å². The first kappa shape index (κ1) is 14.4. The molecule has 3 aromatic rings. The minimum Gasteiger partial charge on any atom is -0.356 e. The molecule has 0 saturated heterocycles. The van der Waals surface area contributed by atoms with Gasteiger partial charge in [0.15, 0.2) is 5.58 Å². The monoisotopic (exact) mass is 315 g/mol. The third kappa shape index (κ3) is 2.76. The van der Waals surface area contributed by atoms with Crippen molar-refractivity contribution in [3.63, 3.8) is 0 Å². The number of halogens is 1. The maximum absolute atomic E-state index is 12.2. The van der Waals surface area contributed by atoms with Crippen LogP contribution in [-0.2, 0) is 6.54 Å². The summed E-state index contributed by atoms with van der Waals surface area (Å²) < 4.78 is 5.21. The zero-order chi connectivity index (χ0) is 15.5. The average Bonchev–Trinajstić information content (AvgIpc) is 2.95. The lowest BCUT2D eigenvalue weighted by molar-refractivity contribution is 0.247. The molecule has 0 aliphatic rings. The van der Waals surface area contributed by atoms with Gasteiger partial charge in [0.2, 0.25) is 0 Å². The van der Waals surface area contributed by atoms with Crippen molar-refractivity contribution < 1.29 is 9.32 Å². The Labute approximate surface area is 132 Å². The highest BCUT2D eigenvalue weighted by atomic mass is 35.5. The van der Waals surface area contributed by atoms with Gasteiger partial charge < -0.3 is 9.84 Å². The Balaban J connectivity index is 1.71. The number of carbonyl (C=O) groups is 1. The van der Waals surface area contributed by atoms with Crippen LogP contribution >= 0.6 is 11.6 Å². The van der Waals surface area contributed by atoms with E-state index in [1.165, 1.54) is 4.90 Å². The van der Waals surface area contributed by atoms with Gasteiger partial charge in [-0.05, 0) is 24.3 Å². The molecule has 2 amide bonds. The van der Waals surface area contributed by atoms with E-state index in [1.54, 1.807) is 19.2 Å². The highest BCUT2D eigenvalue weighted by molar-refractivity contribution is 6.33. The lowest BCUT2D eigenvalue weighted by atomic mass is 10.2. The molecular weight excluding hydrogens is 302 g/mol. The lowest BCUT2D eigenvalue weighted by Crippen LogP contribution is -2.37. The number of benzene rings is 2. The maximum atomic E-state index is 12.2. The summed E-state index contributed by atoms with van der Waals surface area (Å²) in [4.78, 5) is 13.7. The van der Waals surface area contributed by atoms with Crippen LogP contribution < -0.4 is 10.2 Å². The number of carbonyl (C=O) groups excluding carboxylic acids is 1. The van der Waals surface area contributed by atoms with Crippen LogP contribution in [0.15, 0.2) is 53.1 Å². The number of urea groups is 1. The number of hydrogen-bond donors (Lipinski definition) is 1. The zero-order valence-electron chi connectivity index (χ0n) is 11.9. The Hall–Kier alpha value is -2.53. The van der Waals surface area contributed by atoms with Crippen molar-refractivity contribution in [3.05, 3.63) is 59.2 Å². The number of nitrogens with zero attached hydrogens (tertiary/aromatic N) is 2. The molecule has 0 spiro atoms. The van der Waals surface area contributed by atoms with Crippen LogP contribution in [0, 0.1) is 0 Å². The normalized spacial score (nSPS) is 10.6. The van der Waals surface area contributed by atoms with Gasteiger partial charge in [-0.25, -0.2) is 4.79 Å². The molecule has 0 fully saturated rings. The van der Waals surface area contributed by atoms with E-state index in [4.69, 9.17) is 16.1 Å². The van der Waals surface area contributed by atoms with Gasteiger partial charge in [-0.3, -0.25) is 4.90 Å². The summed E-state index contributed by atoms with van der Waals surface area (Å²) in [7, 11) is 1.66. The largest absolute Gasteiger partial charge is 0.356 e. The van der Waals surface area contributed by atoms with Crippen molar-refractivity contribution in [2.45, 2.75) is 6.54 Å².